The fourth-order valence-electron chi connectivity index (χ4n) is 2.16. The first kappa shape index (κ1) is 17.0. The van der Waals surface area contributed by atoms with Crippen LogP contribution in [0.5, 0.6) is 0 Å². The van der Waals surface area contributed by atoms with Crippen LogP contribution < -0.4 is 0 Å². The number of halogens is 1. The van der Waals surface area contributed by atoms with Gasteiger partial charge in [-0.15, -0.1) is 0 Å². The summed E-state index contributed by atoms with van der Waals surface area (Å²) in [4.78, 5) is 27.8. The lowest BCUT2D eigenvalue weighted by Crippen LogP contribution is -2.10. The lowest BCUT2D eigenvalue weighted by Gasteiger charge is -2.10. The molecule has 0 saturated carbocycles. The third-order valence-electron chi connectivity index (χ3n) is 3.22. The number of carbonyl (C=O) groups is 2. The Balaban J connectivity index is 2.12. The molecule has 0 radical (unpaired) electrons. The monoisotopic (exact) mass is 333 g/mol. The number of carbonyl (C=O) groups excluding carboxylic acids is 2. The molecule has 23 heavy (non-hydrogen) atoms. The Labute approximate surface area is 139 Å². The van der Waals surface area contributed by atoms with Gasteiger partial charge in [0.2, 0.25) is 0 Å². The summed E-state index contributed by atoms with van der Waals surface area (Å²) < 4.78 is 9.92. The zero-order valence-corrected chi connectivity index (χ0v) is 13.8. The fourth-order valence-corrected chi connectivity index (χ4v) is 2.52. The second-order valence-corrected chi connectivity index (χ2v) is 5.37. The van der Waals surface area contributed by atoms with Gasteiger partial charge >= 0.3 is 11.9 Å². The highest BCUT2D eigenvalue weighted by Crippen LogP contribution is 2.20. The van der Waals surface area contributed by atoms with Crippen molar-refractivity contribution in [2.75, 3.05) is 7.11 Å². The molecule has 0 aliphatic carbocycles. The summed E-state index contributed by atoms with van der Waals surface area (Å²) in [5.41, 5.74) is 2.76. The van der Waals surface area contributed by atoms with Crippen molar-refractivity contribution in [1.82, 2.24) is 4.98 Å². The van der Waals surface area contributed by atoms with E-state index in [1.54, 1.807) is 44.2 Å². The first-order valence-corrected chi connectivity index (χ1v) is 7.28. The van der Waals surface area contributed by atoms with Gasteiger partial charge in [0.1, 0.15) is 11.8 Å². The van der Waals surface area contributed by atoms with Crippen molar-refractivity contribution in [3.8, 4) is 0 Å². The molecule has 2 rings (SSSR count). The van der Waals surface area contributed by atoms with Crippen LogP contribution in [0.1, 0.15) is 37.5 Å². The van der Waals surface area contributed by atoms with E-state index in [9.17, 15) is 9.59 Å². The number of rotatable bonds is 4. The van der Waals surface area contributed by atoms with E-state index in [4.69, 9.17) is 16.3 Å². The van der Waals surface area contributed by atoms with Crippen molar-refractivity contribution in [3.63, 3.8) is 0 Å². The van der Waals surface area contributed by atoms with Crippen molar-refractivity contribution in [3.05, 3.63) is 63.4 Å². The van der Waals surface area contributed by atoms with Crippen LogP contribution in [-0.4, -0.2) is 24.0 Å². The highest BCUT2D eigenvalue weighted by molar-refractivity contribution is 6.32. The maximum absolute atomic E-state index is 12.2. The molecule has 0 bridgehead atoms. The normalized spacial score (nSPS) is 10.3. The summed E-state index contributed by atoms with van der Waals surface area (Å²) in [5, 5.41) is 0.121. The van der Waals surface area contributed by atoms with Gasteiger partial charge in [-0.1, -0.05) is 23.7 Å². The average Bonchev–Trinajstić information content (AvgIpc) is 2.51. The van der Waals surface area contributed by atoms with Crippen molar-refractivity contribution in [2.45, 2.75) is 20.5 Å². The summed E-state index contributed by atoms with van der Waals surface area (Å²) in [6.07, 6.45) is 0. The molecule has 120 valence electrons. The zero-order chi connectivity index (χ0) is 17.0. The Morgan fingerprint density at radius 3 is 2.57 bits per heavy atom. The molecule has 0 amide bonds. The van der Waals surface area contributed by atoms with Gasteiger partial charge in [-0.25, -0.2) is 14.6 Å². The largest absolute Gasteiger partial charge is 0.465 e. The van der Waals surface area contributed by atoms with Crippen LogP contribution in [0, 0.1) is 13.8 Å². The predicted octanol–water partition coefficient (Wildman–Crippen LogP) is 3.50. The van der Waals surface area contributed by atoms with Crippen molar-refractivity contribution in [2.24, 2.45) is 0 Å². The Hall–Kier alpha value is -2.40. The third-order valence-corrected chi connectivity index (χ3v) is 3.50. The maximum Gasteiger partial charge on any atom is 0.341 e. The Morgan fingerprint density at radius 1 is 1.17 bits per heavy atom. The minimum atomic E-state index is -0.552. The van der Waals surface area contributed by atoms with E-state index in [1.807, 2.05) is 0 Å². The minimum Gasteiger partial charge on any atom is -0.465 e. The lowest BCUT2D eigenvalue weighted by molar-refractivity contribution is 0.0471. The molecule has 0 aliphatic heterocycles. The molecular weight excluding hydrogens is 318 g/mol. The van der Waals surface area contributed by atoms with Crippen LogP contribution in [0.2, 0.25) is 5.15 Å². The van der Waals surface area contributed by atoms with Crippen LogP contribution in [0.25, 0.3) is 0 Å². The molecule has 0 N–H and O–H groups in total. The number of nitrogens with zero attached hydrogens (tertiary/aromatic N) is 1. The van der Waals surface area contributed by atoms with Gasteiger partial charge in [-0.05, 0) is 43.2 Å². The topological polar surface area (TPSA) is 65.5 Å². The molecule has 0 fully saturated rings. The van der Waals surface area contributed by atoms with E-state index in [2.05, 4.69) is 9.72 Å². The standard InChI is InChI=1S/C17H16ClNO4/c1-10-7-11(2)19-15(18)14(10)17(21)23-9-12-5-4-6-13(8-12)16(20)22-3/h4-8H,9H2,1-3H3. The average molecular weight is 334 g/mol. The second kappa shape index (κ2) is 7.24. The maximum atomic E-state index is 12.2. The molecule has 1 aromatic heterocycles. The van der Waals surface area contributed by atoms with Crippen LogP contribution >= 0.6 is 11.6 Å². The summed E-state index contributed by atoms with van der Waals surface area (Å²) in [7, 11) is 1.31. The second-order valence-electron chi connectivity index (χ2n) is 5.01. The van der Waals surface area contributed by atoms with E-state index in [0.717, 1.165) is 5.69 Å². The van der Waals surface area contributed by atoms with Crippen LogP contribution in [0.4, 0.5) is 0 Å². The van der Waals surface area contributed by atoms with Gasteiger partial charge in [-0.2, -0.15) is 0 Å². The van der Waals surface area contributed by atoms with E-state index in [0.29, 0.717) is 16.7 Å². The summed E-state index contributed by atoms with van der Waals surface area (Å²) >= 11 is 6.02. The van der Waals surface area contributed by atoms with E-state index < -0.39 is 11.9 Å². The Kier molecular flexibility index (Phi) is 5.34. The number of methoxy groups -OCH3 is 1. The SMILES string of the molecule is COC(=O)c1cccc(COC(=O)c2c(C)cc(C)nc2Cl)c1. The summed E-state index contributed by atoms with van der Waals surface area (Å²) in [6.45, 7) is 3.59. The van der Waals surface area contributed by atoms with Crippen molar-refractivity contribution in [1.29, 1.82) is 0 Å². The number of ether oxygens (including phenoxy) is 2. The van der Waals surface area contributed by atoms with Gasteiger partial charge in [0, 0.05) is 5.69 Å². The van der Waals surface area contributed by atoms with Crippen LogP contribution in [0.3, 0.4) is 0 Å². The van der Waals surface area contributed by atoms with Crippen LogP contribution in [0.15, 0.2) is 30.3 Å². The first-order valence-electron chi connectivity index (χ1n) is 6.90. The van der Waals surface area contributed by atoms with Gasteiger partial charge < -0.3 is 9.47 Å². The smallest absolute Gasteiger partial charge is 0.341 e. The molecule has 5 nitrogen and oxygen atoms in total. The number of aryl methyl sites for hydroxylation is 2. The van der Waals surface area contributed by atoms with Crippen molar-refractivity contribution >= 4 is 23.5 Å². The molecule has 0 unspecified atom stereocenters. The third kappa shape index (κ3) is 4.07. The molecule has 1 aromatic carbocycles. The fraction of sp³-hybridized carbons (Fsp3) is 0.235. The summed E-state index contributed by atoms with van der Waals surface area (Å²) in [6, 6.07) is 8.45. The first-order chi connectivity index (χ1) is 10.9. The van der Waals surface area contributed by atoms with Gasteiger partial charge in [0.15, 0.2) is 0 Å². The molecule has 1 heterocycles. The highest BCUT2D eigenvalue weighted by atomic mass is 35.5. The molecule has 6 heteroatoms. The van der Waals surface area contributed by atoms with Gasteiger partial charge in [0.25, 0.3) is 0 Å². The van der Waals surface area contributed by atoms with E-state index in [1.165, 1.54) is 7.11 Å². The van der Waals surface area contributed by atoms with Gasteiger partial charge in [-0.3, -0.25) is 0 Å². The number of aromatic nitrogens is 1. The minimum absolute atomic E-state index is 0.0211. The Bertz CT molecular complexity index is 735. The zero-order valence-electron chi connectivity index (χ0n) is 13.1. The highest BCUT2D eigenvalue weighted by Gasteiger charge is 2.17. The van der Waals surface area contributed by atoms with E-state index in [-0.39, 0.29) is 17.3 Å². The van der Waals surface area contributed by atoms with Crippen LogP contribution in [-0.2, 0) is 16.1 Å². The molecule has 2 aromatic rings. The Morgan fingerprint density at radius 2 is 1.91 bits per heavy atom. The molecule has 0 saturated heterocycles. The van der Waals surface area contributed by atoms with E-state index >= 15 is 0 Å². The lowest BCUT2D eigenvalue weighted by atomic mass is 10.1. The van der Waals surface area contributed by atoms with Crippen molar-refractivity contribution < 1.29 is 19.1 Å². The molecule has 0 aliphatic rings. The molecule has 0 spiro atoms. The molecule has 0 atom stereocenters. The predicted molar refractivity (Wildman–Crippen MR) is 85.6 cm³/mol. The number of hydrogen-bond donors (Lipinski definition) is 0. The quantitative estimate of drug-likeness (QED) is 0.633. The summed E-state index contributed by atoms with van der Waals surface area (Å²) in [5.74, 6) is -0.997. The number of benzene rings is 1. The number of hydrogen-bond acceptors (Lipinski definition) is 5. The number of esters is 2. The molecular formula is C17H16ClNO4. The number of pyridine rings is 1. The van der Waals surface area contributed by atoms with Gasteiger partial charge in [0.05, 0.1) is 18.2 Å².